The van der Waals surface area contributed by atoms with Gasteiger partial charge in [0.2, 0.25) is 0 Å². The third-order valence-corrected chi connectivity index (χ3v) is 3.84. The summed E-state index contributed by atoms with van der Waals surface area (Å²) in [5, 5.41) is 3.17. The molecule has 0 spiro atoms. The molecule has 0 aliphatic rings. The second-order valence-corrected chi connectivity index (χ2v) is 5.56. The van der Waals surface area contributed by atoms with Gasteiger partial charge in [0.25, 0.3) is 0 Å². The van der Waals surface area contributed by atoms with E-state index in [1.54, 1.807) is 11.3 Å². The van der Waals surface area contributed by atoms with Gasteiger partial charge in [0.05, 0.1) is 4.34 Å². The van der Waals surface area contributed by atoms with Gasteiger partial charge in [-0.2, -0.15) is 0 Å². The Bertz CT molecular complexity index is 268. The molecule has 1 N–H and O–H groups in total. The number of nitrogens with one attached hydrogen (secondary N) is 1. The van der Waals surface area contributed by atoms with Crippen LogP contribution in [0, 0.1) is 0 Å². The van der Waals surface area contributed by atoms with Crippen LogP contribution in [0.2, 0.25) is 4.34 Å². The van der Waals surface area contributed by atoms with E-state index < -0.39 is 0 Å². The highest BCUT2D eigenvalue weighted by molar-refractivity contribution is 7.16. The molecule has 3 heteroatoms. The lowest BCUT2D eigenvalue weighted by Gasteiger charge is -2.22. The molecule has 0 aliphatic carbocycles. The first kappa shape index (κ1) is 11.0. The standard InChI is InChI=1S/C10H16ClNS/c1-10(2,6-7-12-3)8-4-5-9(11)13-8/h4-5,12H,6-7H2,1-3H3. The molecule has 1 aromatic heterocycles. The van der Waals surface area contributed by atoms with E-state index in [-0.39, 0.29) is 5.41 Å². The quantitative estimate of drug-likeness (QED) is 0.816. The zero-order valence-corrected chi connectivity index (χ0v) is 9.93. The molecule has 1 aromatic rings. The molecular weight excluding hydrogens is 202 g/mol. The molecule has 1 rings (SSSR count). The van der Waals surface area contributed by atoms with Crippen LogP contribution in [-0.4, -0.2) is 13.6 Å². The molecule has 1 nitrogen and oxygen atoms in total. The van der Waals surface area contributed by atoms with E-state index in [0.717, 1.165) is 17.3 Å². The zero-order chi connectivity index (χ0) is 9.90. The highest BCUT2D eigenvalue weighted by atomic mass is 35.5. The lowest BCUT2D eigenvalue weighted by atomic mass is 9.88. The summed E-state index contributed by atoms with van der Waals surface area (Å²) in [5.74, 6) is 0. The molecule has 0 unspecified atom stereocenters. The summed E-state index contributed by atoms with van der Waals surface area (Å²) in [6.45, 7) is 5.56. The molecule has 0 atom stereocenters. The van der Waals surface area contributed by atoms with Crippen LogP contribution in [0.15, 0.2) is 12.1 Å². The number of halogens is 1. The van der Waals surface area contributed by atoms with Crippen LogP contribution in [0.3, 0.4) is 0 Å². The summed E-state index contributed by atoms with van der Waals surface area (Å²) in [4.78, 5) is 1.37. The summed E-state index contributed by atoms with van der Waals surface area (Å²) in [5.41, 5.74) is 0.237. The monoisotopic (exact) mass is 217 g/mol. The lowest BCUT2D eigenvalue weighted by molar-refractivity contribution is 0.477. The van der Waals surface area contributed by atoms with Gasteiger partial charge in [0.1, 0.15) is 0 Å². The van der Waals surface area contributed by atoms with E-state index in [1.165, 1.54) is 4.88 Å². The van der Waals surface area contributed by atoms with Crippen LogP contribution in [-0.2, 0) is 5.41 Å². The van der Waals surface area contributed by atoms with Crippen molar-refractivity contribution in [3.05, 3.63) is 21.3 Å². The molecule has 74 valence electrons. The van der Waals surface area contributed by atoms with Gasteiger partial charge in [-0.15, -0.1) is 11.3 Å². The van der Waals surface area contributed by atoms with Crippen molar-refractivity contribution in [2.45, 2.75) is 25.7 Å². The Labute approximate surface area is 89.1 Å². The summed E-state index contributed by atoms with van der Waals surface area (Å²) < 4.78 is 0.882. The minimum absolute atomic E-state index is 0.237. The Morgan fingerprint density at radius 1 is 1.46 bits per heavy atom. The molecule has 0 fully saturated rings. The lowest BCUT2D eigenvalue weighted by Crippen LogP contribution is -2.22. The highest BCUT2D eigenvalue weighted by Gasteiger charge is 2.21. The molecule has 0 aliphatic heterocycles. The van der Waals surface area contributed by atoms with Gasteiger partial charge in [-0.25, -0.2) is 0 Å². The normalized spacial score (nSPS) is 12.0. The summed E-state index contributed by atoms with van der Waals surface area (Å²) in [7, 11) is 1.98. The predicted molar refractivity (Wildman–Crippen MR) is 60.9 cm³/mol. The average molecular weight is 218 g/mol. The smallest absolute Gasteiger partial charge is 0.0931 e. The predicted octanol–water partition coefficient (Wildman–Crippen LogP) is 3.29. The van der Waals surface area contributed by atoms with Crippen molar-refractivity contribution in [1.82, 2.24) is 5.32 Å². The fourth-order valence-electron chi connectivity index (χ4n) is 1.24. The minimum atomic E-state index is 0.237. The maximum atomic E-state index is 5.90. The summed E-state index contributed by atoms with van der Waals surface area (Å²) in [6.07, 6.45) is 1.14. The molecule has 1 heterocycles. The summed E-state index contributed by atoms with van der Waals surface area (Å²) >= 11 is 7.59. The van der Waals surface area contributed by atoms with E-state index in [4.69, 9.17) is 11.6 Å². The molecule has 0 radical (unpaired) electrons. The fraction of sp³-hybridized carbons (Fsp3) is 0.600. The van der Waals surface area contributed by atoms with Gasteiger partial charge in [0, 0.05) is 10.3 Å². The van der Waals surface area contributed by atoms with E-state index in [9.17, 15) is 0 Å². The van der Waals surface area contributed by atoms with Gasteiger partial charge in [0.15, 0.2) is 0 Å². The third-order valence-electron chi connectivity index (χ3n) is 2.24. The van der Waals surface area contributed by atoms with E-state index in [2.05, 4.69) is 25.2 Å². The maximum absolute atomic E-state index is 5.90. The number of hydrogen-bond acceptors (Lipinski definition) is 2. The first-order valence-corrected chi connectivity index (χ1v) is 5.66. The number of thiophene rings is 1. The molecule has 0 bridgehead atoms. The van der Waals surface area contributed by atoms with Gasteiger partial charge < -0.3 is 5.32 Å². The van der Waals surface area contributed by atoms with Crippen LogP contribution in [0.1, 0.15) is 25.1 Å². The topological polar surface area (TPSA) is 12.0 Å². The SMILES string of the molecule is CNCCC(C)(C)c1ccc(Cl)s1. The molecule has 0 amide bonds. The first-order chi connectivity index (χ1) is 6.06. The Morgan fingerprint density at radius 2 is 2.15 bits per heavy atom. The van der Waals surface area contributed by atoms with Crippen LogP contribution in [0.5, 0.6) is 0 Å². The van der Waals surface area contributed by atoms with Crippen molar-refractivity contribution in [3.63, 3.8) is 0 Å². The van der Waals surface area contributed by atoms with Crippen molar-refractivity contribution in [2.75, 3.05) is 13.6 Å². The Kier molecular flexibility index (Phi) is 3.77. The number of rotatable bonds is 4. The van der Waals surface area contributed by atoms with Crippen LogP contribution in [0.4, 0.5) is 0 Å². The maximum Gasteiger partial charge on any atom is 0.0931 e. The van der Waals surface area contributed by atoms with Crippen molar-refractivity contribution in [3.8, 4) is 0 Å². The van der Waals surface area contributed by atoms with Crippen molar-refractivity contribution in [2.24, 2.45) is 0 Å². The van der Waals surface area contributed by atoms with E-state index in [1.807, 2.05) is 13.1 Å². The fourth-order valence-corrected chi connectivity index (χ4v) is 2.41. The van der Waals surface area contributed by atoms with Gasteiger partial charge in [-0.05, 0) is 32.1 Å². The van der Waals surface area contributed by atoms with Crippen LogP contribution < -0.4 is 5.32 Å². The highest BCUT2D eigenvalue weighted by Crippen LogP contribution is 2.34. The average Bonchev–Trinajstić information content (AvgIpc) is 2.49. The summed E-state index contributed by atoms with van der Waals surface area (Å²) in [6, 6.07) is 4.10. The van der Waals surface area contributed by atoms with Crippen molar-refractivity contribution >= 4 is 22.9 Å². The second-order valence-electron chi connectivity index (χ2n) is 3.84. The molecule has 0 saturated heterocycles. The van der Waals surface area contributed by atoms with E-state index >= 15 is 0 Å². The Balaban J connectivity index is 2.68. The second kappa shape index (κ2) is 4.45. The van der Waals surface area contributed by atoms with Crippen molar-refractivity contribution < 1.29 is 0 Å². The van der Waals surface area contributed by atoms with Gasteiger partial charge in [-0.1, -0.05) is 25.4 Å². The van der Waals surface area contributed by atoms with E-state index in [0.29, 0.717) is 0 Å². The molecule has 0 aromatic carbocycles. The number of hydrogen-bond donors (Lipinski definition) is 1. The Hall–Kier alpha value is -0.0500. The molecule has 13 heavy (non-hydrogen) atoms. The third kappa shape index (κ3) is 2.97. The minimum Gasteiger partial charge on any atom is -0.320 e. The zero-order valence-electron chi connectivity index (χ0n) is 8.36. The molecule has 0 saturated carbocycles. The van der Waals surface area contributed by atoms with Crippen LogP contribution in [0.25, 0.3) is 0 Å². The van der Waals surface area contributed by atoms with Gasteiger partial charge >= 0.3 is 0 Å². The largest absolute Gasteiger partial charge is 0.320 e. The first-order valence-electron chi connectivity index (χ1n) is 4.47. The van der Waals surface area contributed by atoms with Crippen LogP contribution >= 0.6 is 22.9 Å². The van der Waals surface area contributed by atoms with Gasteiger partial charge in [-0.3, -0.25) is 0 Å². The Morgan fingerprint density at radius 3 is 2.62 bits per heavy atom. The molecular formula is C10H16ClNS. The van der Waals surface area contributed by atoms with Crippen molar-refractivity contribution in [1.29, 1.82) is 0 Å².